The lowest BCUT2D eigenvalue weighted by atomic mass is 9.91. The van der Waals surface area contributed by atoms with Gasteiger partial charge in [0.25, 0.3) is 0 Å². The van der Waals surface area contributed by atoms with Gasteiger partial charge in [-0.25, -0.2) is 0 Å². The maximum atomic E-state index is 5.88. The molecular weight excluding hydrogens is 308 g/mol. The van der Waals surface area contributed by atoms with Crippen molar-refractivity contribution in [3.63, 3.8) is 0 Å². The summed E-state index contributed by atoms with van der Waals surface area (Å²) < 4.78 is 5.88. The predicted molar refractivity (Wildman–Crippen MR) is 101 cm³/mol. The Morgan fingerprint density at radius 1 is 0.960 bits per heavy atom. The van der Waals surface area contributed by atoms with Gasteiger partial charge in [0.15, 0.2) is 0 Å². The topological polar surface area (TPSA) is 15.7 Å². The van der Waals surface area contributed by atoms with E-state index in [4.69, 9.17) is 4.74 Å². The van der Waals surface area contributed by atoms with Crippen molar-refractivity contribution in [2.45, 2.75) is 37.5 Å². The van der Waals surface area contributed by atoms with Crippen molar-refractivity contribution in [2.24, 2.45) is 0 Å². The van der Waals surface area contributed by atoms with E-state index in [0.717, 1.165) is 25.8 Å². The lowest BCUT2D eigenvalue weighted by Crippen LogP contribution is -2.43. The van der Waals surface area contributed by atoms with Gasteiger partial charge in [0.2, 0.25) is 0 Å². The molecule has 3 aliphatic rings. The van der Waals surface area contributed by atoms with Gasteiger partial charge in [0.05, 0.1) is 13.2 Å². The largest absolute Gasteiger partial charge is 0.376 e. The highest BCUT2D eigenvalue weighted by Crippen LogP contribution is 2.36. The third-order valence-electron chi connectivity index (χ3n) is 6.27. The van der Waals surface area contributed by atoms with Gasteiger partial charge < -0.3 is 9.64 Å². The van der Waals surface area contributed by atoms with Crippen molar-refractivity contribution in [3.8, 4) is 0 Å². The minimum Gasteiger partial charge on any atom is -0.376 e. The number of para-hydroxylation sites is 1. The van der Waals surface area contributed by atoms with Crippen LogP contribution in [0, 0.1) is 0 Å². The summed E-state index contributed by atoms with van der Waals surface area (Å²) in [5, 5.41) is 0. The van der Waals surface area contributed by atoms with Gasteiger partial charge in [-0.1, -0.05) is 42.5 Å². The van der Waals surface area contributed by atoms with E-state index in [2.05, 4.69) is 64.4 Å². The molecule has 5 rings (SSSR count). The van der Waals surface area contributed by atoms with Crippen molar-refractivity contribution in [2.75, 3.05) is 31.1 Å². The first-order valence-electron chi connectivity index (χ1n) is 9.60. The van der Waals surface area contributed by atoms with Crippen molar-refractivity contribution < 1.29 is 4.74 Å². The molecule has 2 bridgehead atoms. The zero-order chi connectivity index (χ0) is 16.6. The lowest BCUT2D eigenvalue weighted by molar-refractivity contribution is 0.0680. The van der Waals surface area contributed by atoms with Crippen molar-refractivity contribution in [3.05, 3.63) is 65.7 Å². The number of piperidine rings is 1. The maximum Gasteiger partial charge on any atom is 0.0719 e. The van der Waals surface area contributed by atoms with Gasteiger partial charge in [-0.15, -0.1) is 0 Å². The fraction of sp³-hybridized carbons (Fsp3) is 0.455. The Bertz CT molecular complexity index is 732. The average Bonchev–Trinajstić information content (AvgIpc) is 3.03. The van der Waals surface area contributed by atoms with Crippen LogP contribution in [-0.2, 0) is 11.3 Å². The average molecular weight is 334 g/mol. The molecule has 3 heteroatoms. The maximum absolute atomic E-state index is 5.88. The monoisotopic (exact) mass is 334 g/mol. The zero-order valence-corrected chi connectivity index (χ0v) is 14.7. The van der Waals surface area contributed by atoms with Gasteiger partial charge in [-0.2, -0.15) is 0 Å². The summed E-state index contributed by atoms with van der Waals surface area (Å²) in [4.78, 5) is 5.37. The van der Waals surface area contributed by atoms with Crippen LogP contribution in [0.25, 0.3) is 0 Å². The van der Waals surface area contributed by atoms with Gasteiger partial charge in [0, 0.05) is 43.3 Å². The standard InChI is InChI=1S/C22H26N2O/c1-2-7-19(8-3-1)24-14-21-12-20(24)10-11-23(21)13-18-16-25-15-17-6-4-5-9-22(17)18/h1-9,18,20-21H,10-16H2. The van der Waals surface area contributed by atoms with Crippen LogP contribution >= 0.6 is 0 Å². The molecular formula is C22H26N2O. The van der Waals surface area contributed by atoms with E-state index < -0.39 is 0 Å². The van der Waals surface area contributed by atoms with E-state index in [-0.39, 0.29) is 0 Å². The molecule has 0 spiro atoms. The smallest absolute Gasteiger partial charge is 0.0719 e. The molecule has 0 radical (unpaired) electrons. The molecule has 3 aliphatic heterocycles. The zero-order valence-electron chi connectivity index (χ0n) is 14.7. The molecule has 3 nitrogen and oxygen atoms in total. The van der Waals surface area contributed by atoms with Crippen molar-refractivity contribution >= 4 is 5.69 Å². The summed E-state index contributed by atoms with van der Waals surface area (Å²) >= 11 is 0. The molecule has 2 fully saturated rings. The fourth-order valence-corrected chi connectivity index (χ4v) is 5.00. The van der Waals surface area contributed by atoms with E-state index in [1.54, 1.807) is 0 Å². The molecule has 2 aromatic carbocycles. The van der Waals surface area contributed by atoms with Crippen LogP contribution in [0.15, 0.2) is 54.6 Å². The van der Waals surface area contributed by atoms with Crippen LogP contribution in [0.2, 0.25) is 0 Å². The van der Waals surface area contributed by atoms with Gasteiger partial charge in [-0.3, -0.25) is 4.90 Å². The normalized spacial score (nSPS) is 28.8. The minimum atomic E-state index is 0.521. The van der Waals surface area contributed by atoms with Crippen LogP contribution in [0.5, 0.6) is 0 Å². The Kier molecular flexibility index (Phi) is 3.99. The number of fused-ring (bicyclic) bond motifs is 3. The third kappa shape index (κ3) is 2.86. The third-order valence-corrected chi connectivity index (χ3v) is 6.27. The van der Waals surface area contributed by atoms with E-state index in [1.807, 2.05) is 0 Å². The van der Waals surface area contributed by atoms with Gasteiger partial charge in [-0.05, 0) is 36.1 Å². The number of benzene rings is 2. The van der Waals surface area contributed by atoms with E-state index in [1.165, 1.54) is 42.7 Å². The van der Waals surface area contributed by atoms with Crippen molar-refractivity contribution in [1.29, 1.82) is 0 Å². The van der Waals surface area contributed by atoms with Gasteiger partial charge in [0.1, 0.15) is 0 Å². The molecule has 3 unspecified atom stereocenters. The highest BCUT2D eigenvalue weighted by atomic mass is 16.5. The Balaban J connectivity index is 1.31. The highest BCUT2D eigenvalue weighted by Gasteiger charge is 2.40. The Morgan fingerprint density at radius 2 is 1.80 bits per heavy atom. The number of anilines is 1. The summed E-state index contributed by atoms with van der Waals surface area (Å²) in [5.41, 5.74) is 4.28. The molecule has 2 aromatic rings. The molecule has 0 aromatic heterocycles. The molecule has 2 saturated heterocycles. The van der Waals surface area contributed by atoms with E-state index in [0.29, 0.717) is 12.0 Å². The van der Waals surface area contributed by atoms with Crippen LogP contribution in [0.1, 0.15) is 29.9 Å². The quantitative estimate of drug-likeness (QED) is 0.852. The molecule has 25 heavy (non-hydrogen) atoms. The second-order valence-electron chi connectivity index (χ2n) is 7.73. The fourth-order valence-electron chi connectivity index (χ4n) is 5.00. The Hall–Kier alpha value is -1.84. The SMILES string of the molecule is c1ccc(N2CC3CC2CCN3CC2COCc3ccccc32)cc1. The second kappa shape index (κ2) is 6.47. The Morgan fingerprint density at radius 3 is 2.72 bits per heavy atom. The number of likely N-dealkylation sites (tertiary alicyclic amines) is 1. The van der Waals surface area contributed by atoms with Crippen LogP contribution < -0.4 is 4.90 Å². The first-order chi connectivity index (χ1) is 12.4. The van der Waals surface area contributed by atoms with Crippen LogP contribution in [0.4, 0.5) is 5.69 Å². The number of rotatable bonds is 3. The predicted octanol–water partition coefficient (Wildman–Crippen LogP) is 3.65. The molecule has 3 heterocycles. The first kappa shape index (κ1) is 15.4. The summed E-state index contributed by atoms with van der Waals surface area (Å²) in [5.74, 6) is 0.521. The molecule has 130 valence electrons. The van der Waals surface area contributed by atoms with E-state index >= 15 is 0 Å². The van der Waals surface area contributed by atoms with Crippen LogP contribution in [-0.4, -0.2) is 43.2 Å². The number of hydrogen-bond donors (Lipinski definition) is 0. The van der Waals surface area contributed by atoms with Crippen LogP contribution in [0.3, 0.4) is 0 Å². The number of nitrogens with zero attached hydrogens (tertiary/aromatic N) is 2. The number of hydrogen-bond acceptors (Lipinski definition) is 3. The lowest BCUT2D eigenvalue weighted by Gasteiger charge is -2.36. The first-order valence-corrected chi connectivity index (χ1v) is 9.60. The second-order valence-corrected chi connectivity index (χ2v) is 7.73. The summed E-state index contributed by atoms with van der Waals surface area (Å²) in [7, 11) is 0. The number of ether oxygens (including phenoxy) is 1. The van der Waals surface area contributed by atoms with Gasteiger partial charge >= 0.3 is 0 Å². The summed E-state index contributed by atoms with van der Waals surface area (Å²) in [6, 6.07) is 21.2. The molecule has 0 N–H and O–H groups in total. The Labute approximate surface area is 150 Å². The van der Waals surface area contributed by atoms with E-state index in [9.17, 15) is 0 Å². The molecule has 3 atom stereocenters. The van der Waals surface area contributed by atoms with Crippen molar-refractivity contribution in [1.82, 2.24) is 4.90 Å². The molecule has 0 amide bonds. The highest BCUT2D eigenvalue weighted by molar-refractivity contribution is 5.49. The molecule has 0 saturated carbocycles. The summed E-state index contributed by atoms with van der Waals surface area (Å²) in [6.07, 6.45) is 2.59. The summed E-state index contributed by atoms with van der Waals surface area (Å²) in [6.45, 7) is 5.17. The minimum absolute atomic E-state index is 0.521. The molecule has 0 aliphatic carbocycles.